The minimum Gasteiger partial charge on any atom is -0.490 e. The molecule has 0 aliphatic carbocycles. The number of hydrogen-bond acceptors (Lipinski definition) is 2. The van der Waals surface area contributed by atoms with Gasteiger partial charge in [0.05, 0.1) is 0 Å². The van der Waals surface area contributed by atoms with Gasteiger partial charge < -0.3 is 9.64 Å². The van der Waals surface area contributed by atoms with Gasteiger partial charge in [0, 0.05) is 25.7 Å². The lowest BCUT2D eigenvalue weighted by Gasteiger charge is -2.31. The van der Waals surface area contributed by atoms with E-state index in [2.05, 4.69) is 4.90 Å². The molecular weight excluding hydrogens is 236 g/mol. The zero-order valence-corrected chi connectivity index (χ0v) is 10.7. The molecular formula is C14H19F2NO. The van der Waals surface area contributed by atoms with Crippen LogP contribution in [0.4, 0.5) is 8.78 Å². The highest BCUT2D eigenvalue weighted by atomic mass is 19.1. The standard InChI is InChI=1S/C14H19F2NO/c1-11-2-3-12(16)10-14(11)18-13-4-7-17(8-5-13)9-6-15/h2-3,10,13H,4-9H2,1H3. The summed E-state index contributed by atoms with van der Waals surface area (Å²) in [5, 5.41) is 0. The molecule has 0 atom stereocenters. The summed E-state index contributed by atoms with van der Waals surface area (Å²) in [7, 11) is 0. The molecule has 0 spiro atoms. The average Bonchev–Trinajstić information content (AvgIpc) is 2.37. The normalized spacial score (nSPS) is 17.9. The lowest BCUT2D eigenvalue weighted by atomic mass is 10.1. The van der Waals surface area contributed by atoms with E-state index in [4.69, 9.17) is 4.74 Å². The molecule has 1 aliphatic heterocycles. The van der Waals surface area contributed by atoms with E-state index in [0.29, 0.717) is 12.3 Å². The summed E-state index contributed by atoms with van der Waals surface area (Å²) >= 11 is 0. The van der Waals surface area contributed by atoms with Crippen LogP contribution in [-0.4, -0.2) is 37.3 Å². The molecule has 1 fully saturated rings. The quantitative estimate of drug-likeness (QED) is 0.820. The predicted molar refractivity (Wildman–Crippen MR) is 67.2 cm³/mol. The zero-order chi connectivity index (χ0) is 13.0. The Morgan fingerprint density at radius 3 is 2.72 bits per heavy atom. The highest BCUT2D eigenvalue weighted by Crippen LogP contribution is 2.23. The van der Waals surface area contributed by atoms with E-state index in [-0.39, 0.29) is 18.6 Å². The van der Waals surface area contributed by atoms with Gasteiger partial charge in [-0.05, 0) is 31.4 Å². The molecule has 18 heavy (non-hydrogen) atoms. The van der Waals surface area contributed by atoms with Gasteiger partial charge in [0.1, 0.15) is 24.3 Å². The number of nitrogens with zero attached hydrogens (tertiary/aromatic N) is 1. The molecule has 100 valence electrons. The van der Waals surface area contributed by atoms with Crippen LogP contribution < -0.4 is 4.74 Å². The summed E-state index contributed by atoms with van der Waals surface area (Å²) in [6.45, 7) is 3.82. The highest BCUT2D eigenvalue weighted by Gasteiger charge is 2.20. The smallest absolute Gasteiger partial charge is 0.126 e. The Balaban J connectivity index is 1.89. The van der Waals surface area contributed by atoms with E-state index in [9.17, 15) is 8.78 Å². The van der Waals surface area contributed by atoms with Crippen LogP contribution in [-0.2, 0) is 0 Å². The monoisotopic (exact) mass is 255 g/mol. The molecule has 0 N–H and O–H groups in total. The van der Waals surface area contributed by atoms with Crippen LogP contribution in [0.15, 0.2) is 18.2 Å². The lowest BCUT2D eigenvalue weighted by molar-refractivity contribution is 0.0961. The summed E-state index contributed by atoms with van der Waals surface area (Å²) in [6, 6.07) is 4.60. The van der Waals surface area contributed by atoms with Crippen LogP contribution in [0, 0.1) is 12.7 Å². The van der Waals surface area contributed by atoms with Gasteiger partial charge in [-0.15, -0.1) is 0 Å². The second kappa shape index (κ2) is 6.14. The summed E-state index contributed by atoms with van der Waals surface area (Å²) < 4.78 is 31.2. The third-order valence-electron chi connectivity index (χ3n) is 3.38. The van der Waals surface area contributed by atoms with Crippen LogP contribution in [0.2, 0.25) is 0 Å². The maximum Gasteiger partial charge on any atom is 0.126 e. The predicted octanol–water partition coefficient (Wildman–Crippen LogP) is 2.95. The first kappa shape index (κ1) is 13.3. The van der Waals surface area contributed by atoms with Crippen LogP contribution in [0.3, 0.4) is 0 Å². The van der Waals surface area contributed by atoms with Crippen molar-refractivity contribution in [3.05, 3.63) is 29.6 Å². The molecule has 4 heteroatoms. The van der Waals surface area contributed by atoms with E-state index in [0.717, 1.165) is 31.5 Å². The first-order valence-corrected chi connectivity index (χ1v) is 6.40. The molecule has 2 nitrogen and oxygen atoms in total. The minimum atomic E-state index is -0.297. The Hall–Kier alpha value is -1.16. The van der Waals surface area contributed by atoms with Crippen molar-refractivity contribution in [1.29, 1.82) is 0 Å². The van der Waals surface area contributed by atoms with Gasteiger partial charge in [-0.3, -0.25) is 0 Å². The van der Waals surface area contributed by atoms with Crippen molar-refractivity contribution in [2.75, 3.05) is 26.3 Å². The number of aryl methyl sites for hydroxylation is 1. The van der Waals surface area contributed by atoms with Crippen LogP contribution >= 0.6 is 0 Å². The molecule has 1 aromatic rings. The number of halogens is 2. The minimum absolute atomic E-state index is 0.112. The Bertz CT molecular complexity index is 389. The van der Waals surface area contributed by atoms with Crippen molar-refractivity contribution in [2.24, 2.45) is 0 Å². The lowest BCUT2D eigenvalue weighted by Crippen LogP contribution is -2.39. The van der Waals surface area contributed by atoms with Gasteiger partial charge in [0.25, 0.3) is 0 Å². The fourth-order valence-electron chi connectivity index (χ4n) is 2.25. The summed E-state index contributed by atoms with van der Waals surface area (Å²) in [6.07, 6.45) is 1.85. The summed E-state index contributed by atoms with van der Waals surface area (Å²) in [4.78, 5) is 2.10. The fraction of sp³-hybridized carbons (Fsp3) is 0.571. The Labute approximate surface area is 107 Å². The molecule has 0 radical (unpaired) electrons. The van der Waals surface area contributed by atoms with Crippen molar-refractivity contribution in [2.45, 2.75) is 25.9 Å². The average molecular weight is 255 g/mol. The Morgan fingerprint density at radius 1 is 1.33 bits per heavy atom. The molecule has 0 bridgehead atoms. The largest absolute Gasteiger partial charge is 0.490 e. The second-order valence-electron chi connectivity index (χ2n) is 4.76. The van der Waals surface area contributed by atoms with Gasteiger partial charge >= 0.3 is 0 Å². The SMILES string of the molecule is Cc1ccc(F)cc1OC1CCN(CCF)CC1. The van der Waals surface area contributed by atoms with E-state index in [1.807, 2.05) is 6.92 Å². The molecule has 1 saturated heterocycles. The molecule has 1 aromatic carbocycles. The van der Waals surface area contributed by atoms with E-state index in [1.54, 1.807) is 6.07 Å². The number of hydrogen-bond donors (Lipinski definition) is 0. The summed E-state index contributed by atoms with van der Waals surface area (Å²) in [5.41, 5.74) is 0.947. The van der Waals surface area contributed by atoms with Crippen LogP contribution in [0.5, 0.6) is 5.75 Å². The Kier molecular flexibility index (Phi) is 4.53. The van der Waals surface area contributed by atoms with Gasteiger partial charge in [-0.2, -0.15) is 0 Å². The van der Waals surface area contributed by atoms with Crippen LogP contribution in [0.1, 0.15) is 18.4 Å². The van der Waals surface area contributed by atoms with E-state index >= 15 is 0 Å². The van der Waals surface area contributed by atoms with Gasteiger partial charge in [0.2, 0.25) is 0 Å². The van der Waals surface area contributed by atoms with Crippen molar-refractivity contribution >= 4 is 0 Å². The fourth-order valence-corrected chi connectivity index (χ4v) is 2.25. The first-order valence-electron chi connectivity index (χ1n) is 6.40. The maximum absolute atomic E-state index is 13.1. The zero-order valence-electron chi connectivity index (χ0n) is 10.7. The van der Waals surface area contributed by atoms with Crippen LogP contribution in [0.25, 0.3) is 0 Å². The molecule has 0 saturated carbocycles. The molecule has 2 rings (SSSR count). The second-order valence-corrected chi connectivity index (χ2v) is 4.76. The maximum atomic E-state index is 13.1. The first-order chi connectivity index (χ1) is 8.69. The third kappa shape index (κ3) is 3.42. The molecule has 1 heterocycles. The van der Waals surface area contributed by atoms with Crippen molar-refractivity contribution < 1.29 is 13.5 Å². The number of ether oxygens (including phenoxy) is 1. The van der Waals surface area contributed by atoms with Crippen molar-refractivity contribution in [1.82, 2.24) is 4.90 Å². The Morgan fingerprint density at radius 2 is 2.06 bits per heavy atom. The number of alkyl halides is 1. The molecule has 0 aromatic heterocycles. The van der Waals surface area contributed by atoms with E-state index in [1.165, 1.54) is 12.1 Å². The number of likely N-dealkylation sites (tertiary alicyclic amines) is 1. The number of piperidine rings is 1. The van der Waals surface area contributed by atoms with Crippen molar-refractivity contribution in [3.63, 3.8) is 0 Å². The molecule has 1 aliphatic rings. The molecule has 0 amide bonds. The van der Waals surface area contributed by atoms with Gasteiger partial charge in [0.15, 0.2) is 0 Å². The highest BCUT2D eigenvalue weighted by molar-refractivity contribution is 5.32. The van der Waals surface area contributed by atoms with Gasteiger partial charge in [-0.25, -0.2) is 8.78 Å². The topological polar surface area (TPSA) is 12.5 Å². The number of rotatable bonds is 4. The summed E-state index contributed by atoms with van der Waals surface area (Å²) in [5.74, 6) is 0.351. The van der Waals surface area contributed by atoms with E-state index < -0.39 is 0 Å². The van der Waals surface area contributed by atoms with Crippen molar-refractivity contribution in [3.8, 4) is 5.75 Å². The van der Waals surface area contributed by atoms with Gasteiger partial charge in [-0.1, -0.05) is 6.07 Å². The molecule has 0 unspecified atom stereocenters. The number of benzene rings is 1. The third-order valence-corrected chi connectivity index (χ3v) is 3.38.